The van der Waals surface area contributed by atoms with Crippen molar-refractivity contribution in [1.29, 1.82) is 0 Å². The zero-order chi connectivity index (χ0) is 17.4. The predicted molar refractivity (Wildman–Crippen MR) is 96.0 cm³/mol. The second kappa shape index (κ2) is 6.54. The molecule has 2 saturated heterocycles. The fourth-order valence-electron chi connectivity index (χ4n) is 4.13. The van der Waals surface area contributed by atoms with Crippen molar-refractivity contribution in [3.63, 3.8) is 0 Å². The van der Waals surface area contributed by atoms with Crippen LogP contribution < -0.4 is 0 Å². The van der Waals surface area contributed by atoms with Gasteiger partial charge in [-0.2, -0.15) is 0 Å². The van der Waals surface area contributed by atoms with E-state index in [0.717, 1.165) is 0 Å². The number of benzene rings is 2. The maximum Gasteiger partial charge on any atom is 0.140 e. The summed E-state index contributed by atoms with van der Waals surface area (Å²) in [5.41, 5.74) is 4.50. The molecule has 0 spiro atoms. The molecule has 2 aliphatic rings. The van der Waals surface area contributed by atoms with Gasteiger partial charge >= 0.3 is 0 Å². The minimum absolute atomic E-state index is 0.129. The van der Waals surface area contributed by atoms with Crippen molar-refractivity contribution in [3.8, 4) is 0 Å². The average molecular weight is 339 g/mol. The van der Waals surface area contributed by atoms with Gasteiger partial charge in [-0.05, 0) is 42.5 Å². The normalized spacial score (nSPS) is 29.1. The maximum absolute atomic E-state index is 9.65. The van der Waals surface area contributed by atoms with Crippen LogP contribution in [0.2, 0.25) is 0 Å². The first-order valence-corrected chi connectivity index (χ1v) is 8.90. The number of hydrogen-bond acceptors (Lipinski definition) is 4. The molecule has 0 saturated carbocycles. The van der Waals surface area contributed by atoms with Crippen LogP contribution in [0.5, 0.6) is 0 Å². The standard InChI is InChI=1S/C21H25NO3/c1-15-7-3-5-9-17(15)19-22-20(18-10-6-4-8-16(18)2)25-14-21(22,11-12-23)13-24-19/h3-10,19-20,23H,11-14H2,1-2H3/t19-,20+,21?. The molecule has 1 unspecified atom stereocenters. The van der Waals surface area contributed by atoms with Gasteiger partial charge < -0.3 is 14.6 Å². The maximum atomic E-state index is 9.65. The third-order valence-corrected chi connectivity index (χ3v) is 5.56. The zero-order valence-electron chi connectivity index (χ0n) is 14.8. The summed E-state index contributed by atoms with van der Waals surface area (Å²) in [6.07, 6.45) is 0.345. The molecular formula is C21H25NO3. The van der Waals surface area contributed by atoms with Crippen molar-refractivity contribution in [3.05, 3.63) is 70.8 Å². The number of aliphatic hydroxyl groups is 1. The van der Waals surface area contributed by atoms with E-state index in [2.05, 4.69) is 55.1 Å². The number of aryl methyl sites for hydroxylation is 2. The molecule has 2 aliphatic heterocycles. The highest BCUT2D eigenvalue weighted by Gasteiger charge is 2.56. The summed E-state index contributed by atoms with van der Waals surface area (Å²) >= 11 is 0. The Hall–Kier alpha value is -1.72. The van der Waals surface area contributed by atoms with Crippen molar-refractivity contribution in [2.45, 2.75) is 38.3 Å². The van der Waals surface area contributed by atoms with E-state index in [-0.39, 0.29) is 24.6 Å². The van der Waals surface area contributed by atoms with Crippen LogP contribution in [0.15, 0.2) is 48.5 Å². The van der Waals surface area contributed by atoms with E-state index in [0.29, 0.717) is 19.6 Å². The molecule has 2 aromatic rings. The van der Waals surface area contributed by atoms with Crippen LogP contribution >= 0.6 is 0 Å². The smallest absolute Gasteiger partial charge is 0.140 e. The fraction of sp³-hybridized carbons (Fsp3) is 0.429. The average Bonchev–Trinajstić information content (AvgIpc) is 3.14. The monoisotopic (exact) mass is 339 g/mol. The first-order valence-electron chi connectivity index (χ1n) is 8.90. The number of fused-ring (bicyclic) bond motifs is 1. The predicted octanol–water partition coefficient (Wildman–Crippen LogP) is 3.48. The summed E-state index contributed by atoms with van der Waals surface area (Å²) in [5, 5.41) is 9.65. The third kappa shape index (κ3) is 2.70. The fourth-order valence-corrected chi connectivity index (χ4v) is 4.13. The quantitative estimate of drug-likeness (QED) is 0.926. The topological polar surface area (TPSA) is 41.9 Å². The Kier molecular flexibility index (Phi) is 4.38. The molecule has 132 valence electrons. The number of nitrogens with zero attached hydrogens (tertiary/aromatic N) is 1. The van der Waals surface area contributed by atoms with Crippen molar-refractivity contribution >= 4 is 0 Å². The summed E-state index contributed by atoms with van der Waals surface area (Å²) < 4.78 is 12.5. The van der Waals surface area contributed by atoms with E-state index in [1.165, 1.54) is 22.3 Å². The number of rotatable bonds is 4. The van der Waals surface area contributed by atoms with Crippen LogP contribution in [0.1, 0.15) is 41.1 Å². The minimum atomic E-state index is -0.269. The van der Waals surface area contributed by atoms with Gasteiger partial charge in [0.15, 0.2) is 0 Å². The number of ether oxygens (including phenoxy) is 2. The lowest BCUT2D eigenvalue weighted by molar-refractivity contribution is -0.0628. The largest absolute Gasteiger partial charge is 0.396 e. The lowest BCUT2D eigenvalue weighted by atomic mass is 9.95. The summed E-state index contributed by atoms with van der Waals surface area (Å²) in [7, 11) is 0. The van der Waals surface area contributed by atoms with Crippen LogP contribution in [0.4, 0.5) is 0 Å². The van der Waals surface area contributed by atoms with Gasteiger partial charge in [-0.3, -0.25) is 0 Å². The Morgan fingerprint density at radius 1 is 0.920 bits per heavy atom. The zero-order valence-corrected chi connectivity index (χ0v) is 14.8. The Bertz CT molecular complexity index is 703. The summed E-state index contributed by atoms with van der Waals surface area (Å²) in [5.74, 6) is 0. The Labute approximate surface area is 149 Å². The summed E-state index contributed by atoms with van der Waals surface area (Å²) in [6, 6.07) is 16.7. The second-order valence-electron chi connectivity index (χ2n) is 7.15. The Morgan fingerprint density at radius 2 is 1.40 bits per heavy atom. The highest BCUT2D eigenvalue weighted by atomic mass is 16.6. The molecular weight excluding hydrogens is 314 g/mol. The van der Waals surface area contributed by atoms with E-state index in [9.17, 15) is 5.11 Å². The molecule has 25 heavy (non-hydrogen) atoms. The van der Waals surface area contributed by atoms with E-state index in [4.69, 9.17) is 9.47 Å². The van der Waals surface area contributed by atoms with E-state index < -0.39 is 0 Å². The molecule has 4 rings (SSSR count). The van der Waals surface area contributed by atoms with Crippen LogP contribution in [-0.4, -0.2) is 35.4 Å². The van der Waals surface area contributed by atoms with Gasteiger partial charge in [0.05, 0.1) is 18.8 Å². The molecule has 2 heterocycles. The molecule has 0 aliphatic carbocycles. The first kappa shape index (κ1) is 16.7. The first-order chi connectivity index (χ1) is 12.2. The number of aliphatic hydroxyl groups excluding tert-OH is 1. The number of hydrogen-bond donors (Lipinski definition) is 1. The van der Waals surface area contributed by atoms with Crippen LogP contribution in [0.3, 0.4) is 0 Å². The second-order valence-corrected chi connectivity index (χ2v) is 7.15. The van der Waals surface area contributed by atoms with Crippen LogP contribution in [0.25, 0.3) is 0 Å². The van der Waals surface area contributed by atoms with Crippen molar-refractivity contribution < 1.29 is 14.6 Å². The third-order valence-electron chi connectivity index (χ3n) is 5.56. The Balaban J connectivity index is 1.78. The van der Waals surface area contributed by atoms with Crippen molar-refractivity contribution in [2.75, 3.05) is 19.8 Å². The van der Waals surface area contributed by atoms with Gasteiger partial charge in [-0.25, -0.2) is 4.90 Å². The molecule has 1 N–H and O–H groups in total. The molecule has 0 amide bonds. The molecule has 4 nitrogen and oxygen atoms in total. The van der Waals surface area contributed by atoms with Crippen molar-refractivity contribution in [1.82, 2.24) is 4.90 Å². The minimum Gasteiger partial charge on any atom is -0.396 e. The lowest BCUT2D eigenvalue weighted by Crippen LogP contribution is -2.45. The summed E-state index contributed by atoms with van der Waals surface area (Å²) in [6.45, 7) is 5.52. The van der Waals surface area contributed by atoms with Crippen LogP contribution in [0, 0.1) is 13.8 Å². The molecule has 2 aromatic carbocycles. The van der Waals surface area contributed by atoms with Gasteiger partial charge in [0, 0.05) is 6.61 Å². The van der Waals surface area contributed by atoms with Gasteiger partial charge in [0.25, 0.3) is 0 Å². The van der Waals surface area contributed by atoms with Crippen LogP contribution in [-0.2, 0) is 9.47 Å². The van der Waals surface area contributed by atoms with E-state index >= 15 is 0 Å². The van der Waals surface area contributed by atoms with Gasteiger partial charge in [0.1, 0.15) is 12.5 Å². The van der Waals surface area contributed by atoms with E-state index in [1.54, 1.807) is 0 Å². The molecule has 2 fully saturated rings. The molecule has 0 radical (unpaired) electrons. The molecule has 3 atom stereocenters. The lowest BCUT2D eigenvalue weighted by Gasteiger charge is -2.34. The van der Waals surface area contributed by atoms with Gasteiger partial charge in [-0.15, -0.1) is 0 Å². The summed E-state index contributed by atoms with van der Waals surface area (Å²) in [4.78, 5) is 2.34. The Morgan fingerprint density at radius 3 is 1.84 bits per heavy atom. The molecule has 0 bridgehead atoms. The van der Waals surface area contributed by atoms with Gasteiger partial charge in [-0.1, -0.05) is 48.5 Å². The van der Waals surface area contributed by atoms with Crippen molar-refractivity contribution in [2.24, 2.45) is 0 Å². The van der Waals surface area contributed by atoms with Gasteiger partial charge in [0.2, 0.25) is 0 Å². The van der Waals surface area contributed by atoms with E-state index in [1.807, 2.05) is 12.1 Å². The highest BCUT2D eigenvalue weighted by Crippen LogP contribution is 2.51. The molecule has 4 heteroatoms. The SMILES string of the molecule is Cc1ccccc1[C@H]1OCC2(CCO)CO[C@@H](c3ccccc3C)N12. The molecule has 0 aromatic heterocycles. The highest BCUT2D eigenvalue weighted by molar-refractivity contribution is 5.33.